The summed E-state index contributed by atoms with van der Waals surface area (Å²) in [7, 11) is 0. The predicted octanol–water partition coefficient (Wildman–Crippen LogP) is 2.31. The number of anilines is 2. The van der Waals surface area contributed by atoms with Crippen molar-refractivity contribution in [1.82, 2.24) is 10.2 Å². The number of piperazine rings is 1. The fraction of sp³-hybridized carbons (Fsp3) is 0.364. The number of hydrogen-bond acceptors (Lipinski definition) is 6. The molecule has 1 heterocycles. The number of non-ortho nitro benzene ring substituents is 1. The molecule has 32 heavy (non-hydrogen) atoms. The highest BCUT2D eigenvalue weighted by Crippen LogP contribution is 2.21. The maximum Gasteiger partial charge on any atom is 0.313 e. The number of para-hydroxylation sites is 1. The summed E-state index contributed by atoms with van der Waals surface area (Å²) < 4.78 is 13.9. The fourth-order valence-corrected chi connectivity index (χ4v) is 3.59. The van der Waals surface area contributed by atoms with Crippen LogP contribution in [0.2, 0.25) is 0 Å². The van der Waals surface area contributed by atoms with E-state index in [-0.39, 0.29) is 11.5 Å². The van der Waals surface area contributed by atoms with Crippen molar-refractivity contribution < 1.29 is 18.9 Å². The Kier molecular flexibility index (Phi) is 7.72. The molecule has 10 heteroatoms. The Morgan fingerprint density at radius 2 is 1.81 bits per heavy atom. The quantitative estimate of drug-likeness (QED) is 0.294. The molecule has 0 radical (unpaired) electrons. The minimum absolute atomic E-state index is 0.0836. The summed E-state index contributed by atoms with van der Waals surface area (Å²) >= 11 is 0. The Labute approximate surface area is 185 Å². The van der Waals surface area contributed by atoms with Crippen LogP contribution < -0.4 is 15.5 Å². The molecule has 1 aliphatic rings. The van der Waals surface area contributed by atoms with E-state index in [1.54, 1.807) is 19.1 Å². The van der Waals surface area contributed by atoms with Crippen molar-refractivity contribution in [2.24, 2.45) is 0 Å². The number of aryl methyl sites for hydroxylation is 1. The molecule has 1 fully saturated rings. The number of hydrogen-bond donors (Lipinski definition) is 2. The van der Waals surface area contributed by atoms with Gasteiger partial charge in [0.15, 0.2) is 0 Å². The molecule has 0 aromatic heterocycles. The maximum absolute atomic E-state index is 13.9. The van der Waals surface area contributed by atoms with Gasteiger partial charge in [-0.05, 0) is 43.7 Å². The maximum atomic E-state index is 13.9. The number of carbonyl (C=O) groups excluding carboxylic acids is 2. The highest BCUT2D eigenvalue weighted by Gasteiger charge is 2.19. The van der Waals surface area contributed by atoms with Gasteiger partial charge in [-0.2, -0.15) is 0 Å². The number of nitrogens with zero attached hydrogens (tertiary/aromatic N) is 3. The largest absolute Gasteiger partial charge is 0.367 e. The lowest BCUT2D eigenvalue weighted by Crippen LogP contribution is -2.47. The van der Waals surface area contributed by atoms with Gasteiger partial charge in [-0.1, -0.05) is 12.1 Å². The van der Waals surface area contributed by atoms with E-state index in [1.807, 2.05) is 11.0 Å². The van der Waals surface area contributed by atoms with Crippen molar-refractivity contribution in [2.75, 3.05) is 49.5 Å². The van der Waals surface area contributed by atoms with Crippen LogP contribution in [-0.2, 0) is 9.59 Å². The molecule has 9 nitrogen and oxygen atoms in total. The van der Waals surface area contributed by atoms with E-state index < -0.39 is 16.7 Å². The lowest BCUT2D eigenvalue weighted by molar-refractivity contribution is -0.384. The van der Waals surface area contributed by atoms with Gasteiger partial charge in [0, 0.05) is 50.5 Å². The van der Waals surface area contributed by atoms with Gasteiger partial charge < -0.3 is 15.5 Å². The van der Waals surface area contributed by atoms with Gasteiger partial charge in [0.05, 0.1) is 10.6 Å². The van der Waals surface area contributed by atoms with E-state index in [0.29, 0.717) is 29.9 Å². The third-order valence-corrected chi connectivity index (χ3v) is 5.38. The first kappa shape index (κ1) is 23.1. The van der Waals surface area contributed by atoms with Crippen molar-refractivity contribution in [3.05, 3.63) is 64.0 Å². The predicted molar refractivity (Wildman–Crippen MR) is 119 cm³/mol. The van der Waals surface area contributed by atoms with Gasteiger partial charge in [-0.25, -0.2) is 4.39 Å². The summed E-state index contributed by atoms with van der Waals surface area (Å²) in [6.45, 7) is 5.76. The van der Waals surface area contributed by atoms with Gasteiger partial charge in [0.1, 0.15) is 5.82 Å². The number of halogens is 1. The molecule has 2 amide bonds. The molecule has 1 saturated heterocycles. The van der Waals surface area contributed by atoms with Gasteiger partial charge in [-0.15, -0.1) is 0 Å². The zero-order valence-corrected chi connectivity index (χ0v) is 17.8. The topological polar surface area (TPSA) is 108 Å². The van der Waals surface area contributed by atoms with Crippen molar-refractivity contribution in [1.29, 1.82) is 0 Å². The highest BCUT2D eigenvalue weighted by molar-refractivity contribution is 6.39. The number of amides is 2. The minimum Gasteiger partial charge on any atom is -0.367 e. The van der Waals surface area contributed by atoms with Gasteiger partial charge >= 0.3 is 11.8 Å². The lowest BCUT2D eigenvalue weighted by Gasteiger charge is -2.36. The Morgan fingerprint density at radius 1 is 1.09 bits per heavy atom. The average molecular weight is 443 g/mol. The molecular weight excluding hydrogens is 417 g/mol. The molecule has 1 aliphatic heterocycles. The SMILES string of the molecule is Cc1cc([N+](=O)[O-])ccc1NC(=O)C(=O)NCCCN1CCN(c2ccccc2F)CC1. The number of nitrogens with one attached hydrogen (secondary N) is 2. The van der Waals surface area contributed by atoms with Crippen molar-refractivity contribution in [2.45, 2.75) is 13.3 Å². The van der Waals surface area contributed by atoms with E-state index in [1.165, 1.54) is 24.3 Å². The van der Waals surface area contributed by atoms with Gasteiger partial charge in [0.25, 0.3) is 5.69 Å². The Hall–Kier alpha value is -3.53. The van der Waals surface area contributed by atoms with Gasteiger partial charge in [0.2, 0.25) is 0 Å². The number of nitro benzene ring substituents is 1. The van der Waals surface area contributed by atoms with Crippen LogP contribution in [0.1, 0.15) is 12.0 Å². The molecule has 3 rings (SSSR count). The van der Waals surface area contributed by atoms with Crippen LogP contribution in [-0.4, -0.2) is 60.9 Å². The first-order chi connectivity index (χ1) is 15.3. The molecule has 2 aromatic carbocycles. The standard InChI is InChI=1S/C22H26FN5O4/c1-16-15-17(28(31)32)7-8-19(16)25-22(30)21(29)24-9-4-10-26-11-13-27(14-12-26)20-6-3-2-5-18(20)23/h2-3,5-8,15H,4,9-14H2,1H3,(H,24,29)(H,25,30). The first-order valence-corrected chi connectivity index (χ1v) is 10.4. The second-order valence-corrected chi connectivity index (χ2v) is 7.60. The van der Waals surface area contributed by atoms with Crippen LogP contribution in [0.3, 0.4) is 0 Å². The van der Waals surface area contributed by atoms with Crippen LogP contribution in [0.5, 0.6) is 0 Å². The van der Waals surface area contributed by atoms with E-state index in [2.05, 4.69) is 15.5 Å². The average Bonchev–Trinajstić information content (AvgIpc) is 2.78. The van der Waals surface area contributed by atoms with Crippen LogP contribution in [0.15, 0.2) is 42.5 Å². The molecule has 0 bridgehead atoms. The fourth-order valence-electron chi connectivity index (χ4n) is 3.59. The molecule has 0 unspecified atom stereocenters. The van der Waals surface area contributed by atoms with E-state index >= 15 is 0 Å². The summed E-state index contributed by atoms with van der Waals surface area (Å²) in [5, 5.41) is 15.8. The normalized spacial score (nSPS) is 14.1. The second-order valence-electron chi connectivity index (χ2n) is 7.60. The summed E-state index contributed by atoms with van der Waals surface area (Å²) in [6.07, 6.45) is 0.676. The number of rotatable bonds is 7. The van der Waals surface area contributed by atoms with E-state index in [0.717, 1.165) is 32.7 Å². The van der Waals surface area contributed by atoms with Gasteiger partial charge in [-0.3, -0.25) is 24.6 Å². The van der Waals surface area contributed by atoms with Crippen molar-refractivity contribution in [3.63, 3.8) is 0 Å². The molecule has 0 aliphatic carbocycles. The van der Waals surface area contributed by atoms with Crippen LogP contribution in [0.25, 0.3) is 0 Å². The Morgan fingerprint density at radius 3 is 2.47 bits per heavy atom. The number of benzene rings is 2. The lowest BCUT2D eigenvalue weighted by atomic mass is 10.2. The molecule has 170 valence electrons. The number of nitro groups is 1. The molecule has 0 saturated carbocycles. The third kappa shape index (κ3) is 6.01. The zero-order chi connectivity index (χ0) is 23.1. The summed E-state index contributed by atoms with van der Waals surface area (Å²) in [5.41, 5.74) is 1.38. The summed E-state index contributed by atoms with van der Waals surface area (Å²) in [5.74, 6) is -1.79. The van der Waals surface area contributed by atoms with Crippen LogP contribution in [0.4, 0.5) is 21.5 Å². The molecule has 2 aromatic rings. The van der Waals surface area contributed by atoms with Crippen molar-refractivity contribution in [3.8, 4) is 0 Å². The monoisotopic (exact) mass is 443 g/mol. The van der Waals surface area contributed by atoms with Crippen molar-refractivity contribution >= 4 is 28.9 Å². The Balaban J connectivity index is 1.36. The second kappa shape index (κ2) is 10.7. The summed E-state index contributed by atoms with van der Waals surface area (Å²) in [6, 6.07) is 10.8. The zero-order valence-electron chi connectivity index (χ0n) is 17.8. The summed E-state index contributed by atoms with van der Waals surface area (Å²) in [4.78, 5) is 38.6. The Bertz CT molecular complexity index is 992. The first-order valence-electron chi connectivity index (χ1n) is 10.4. The number of carbonyl (C=O) groups is 2. The molecule has 0 spiro atoms. The minimum atomic E-state index is -0.819. The molecule has 0 atom stereocenters. The van der Waals surface area contributed by atoms with Crippen LogP contribution >= 0.6 is 0 Å². The molecular formula is C22H26FN5O4. The molecule has 2 N–H and O–H groups in total. The third-order valence-electron chi connectivity index (χ3n) is 5.38. The van der Waals surface area contributed by atoms with E-state index in [9.17, 15) is 24.1 Å². The highest BCUT2D eigenvalue weighted by atomic mass is 19.1. The van der Waals surface area contributed by atoms with E-state index in [4.69, 9.17) is 0 Å². The smallest absolute Gasteiger partial charge is 0.313 e. The van der Waals surface area contributed by atoms with Crippen LogP contribution in [0, 0.1) is 22.9 Å².